The lowest BCUT2D eigenvalue weighted by Crippen LogP contribution is -2.25. The number of amides is 1. The van der Waals surface area contributed by atoms with E-state index >= 15 is 0 Å². The van der Waals surface area contributed by atoms with Crippen LogP contribution in [0, 0.1) is 0 Å². The molecule has 0 saturated heterocycles. The standard InChI is InChI=1S/C19H19N3O2S/c1-2-24-15-7-5-6-14(12-15)19(23)21-11-9-18-22-17(13-25-18)16-8-3-4-10-20-16/h3-8,10,12-13H,2,9,11H2,1H3,(H,21,23). The maximum atomic E-state index is 12.2. The monoisotopic (exact) mass is 353 g/mol. The van der Waals surface area contributed by atoms with Crippen LogP contribution in [0.4, 0.5) is 0 Å². The van der Waals surface area contributed by atoms with Crippen LogP contribution in [0.15, 0.2) is 54.0 Å². The molecule has 0 saturated carbocycles. The van der Waals surface area contributed by atoms with Crippen LogP contribution in [0.2, 0.25) is 0 Å². The highest BCUT2D eigenvalue weighted by Gasteiger charge is 2.08. The normalized spacial score (nSPS) is 10.4. The molecule has 0 bridgehead atoms. The van der Waals surface area contributed by atoms with Crippen molar-refractivity contribution < 1.29 is 9.53 Å². The predicted octanol–water partition coefficient (Wildman–Crippen LogP) is 3.58. The number of aromatic nitrogens is 2. The Hall–Kier alpha value is -2.73. The highest BCUT2D eigenvalue weighted by Crippen LogP contribution is 2.19. The molecule has 0 fully saturated rings. The maximum absolute atomic E-state index is 12.2. The second kappa shape index (κ2) is 8.39. The van der Waals surface area contributed by atoms with Gasteiger partial charge in [0.1, 0.15) is 5.75 Å². The van der Waals surface area contributed by atoms with Crippen LogP contribution in [0.1, 0.15) is 22.3 Å². The summed E-state index contributed by atoms with van der Waals surface area (Å²) in [5.74, 6) is 0.595. The fraction of sp³-hybridized carbons (Fsp3) is 0.211. The quantitative estimate of drug-likeness (QED) is 0.705. The van der Waals surface area contributed by atoms with Crippen molar-refractivity contribution in [3.63, 3.8) is 0 Å². The summed E-state index contributed by atoms with van der Waals surface area (Å²) in [4.78, 5) is 21.1. The fourth-order valence-corrected chi connectivity index (χ4v) is 3.13. The molecule has 3 aromatic rings. The summed E-state index contributed by atoms with van der Waals surface area (Å²) in [5.41, 5.74) is 2.33. The minimum atomic E-state index is -0.108. The number of hydrogen-bond acceptors (Lipinski definition) is 5. The molecule has 0 aliphatic carbocycles. The summed E-state index contributed by atoms with van der Waals surface area (Å²) < 4.78 is 5.42. The van der Waals surface area contributed by atoms with Crippen molar-refractivity contribution >= 4 is 17.2 Å². The SMILES string of the molecule is CCOc1cccc(C(=O)NCCc2nc(-c3ccccn3)cs2)c1. The van der Waals surface area contributed by atoms with Crippen LogP contribution in [0.5, 0.6) is 5.75 Å². The van der Waals surface area contributed by atoms with Crippen molar-refractivity contribution in [3.05, 3.63) is 64.6 Å². The molecule has 1 N–H and O–H groups in total. The molecule has 2 heterocycles. The Kier molecular flexibility index (Phi) is 5.74. The molecule has 0 aliphatic rings. The summed E-state index contributed by atoms with van der Waals surface area (Å²) in [7, 11) is 0. The molecule has 1 aromatic carbocycles. The first-order valence-electron chi connectivity index (χ1n) is 8.13. The van der Waals surface area contributed by atoms with E-state index in [1.165, 1.54) is 0 Å². The molecule has 25 heavy (non-hydrogen) atoms. The van der Waals surface area contributed by atoms with Crippen molar-refractivity contribution in [1.82, 2.24) is 15.3 Å². The van der Waals surface area contributed by atoms with Crippen molar-refractivity contribution in [3.8, 4) is 17.1 Å². The fourth-order valence-electron chi connectivity index (χ4n) is 2.34. The zero-order valence-electron chi connectivity index (χ0n) is 13.9. The molecule has 128 valence electrons. The predicted molar refractivity (Wildman–Crippen MR) is 99.0 cm³/mol. The largest absolute Gasteiger partial charge is 0.494 e. The molecule has 1 amide bonds. The molecule has 2 aromatic heterocycles. The second-order valence-corrected chi connectivity index (χ2v) is 6.25. The van der Waals surface area contributed by atoms with E-state index in [1.54, 1.807) is 29.7 Å². The van der Waals surface area contributed by atoms with Gasteiger partial charge >= 0.3 is 0 Å². The number of carbonyl (C=O) groups is 1. The van der Waals surface area contributed by atoms with E-state index in [-0.39, 0.29) is 5.91 Å². The molecule has 0 aliphatic heterocycles. The van der Waals surface area contributed by atoms with Crippen LogP contribution < -0.4 is 10.1 Å². The van der Waals surface area contributed by atoms with Crippen molar-refractivity contribution in [2.75, 3.05) is 13.2 Å². The van der Waals surface area contributed by atoms with E-state index in [0.717, 1.165) is 16.4 Å². The summed E-state index contributed by atoms with van der Waals surface area (Å²) in [5, 5.41) is 5.89. The van der Waals surface area contributed by atoms with E-state index in [0.29, 0.717) is 30.9 Å². The molecule has 3 rings (SSSR count). The number of thiazole rings is 1. The van der Waals surface area contributed by atoms with Gasteiger partial charge in [0, 0.05) is 30.1 Å². The highest BCUT2D eigenvalue weighted by molar-refractivity contribution is 7.09. The molecular formula is C19H19N3O2S. The average molecular weight is 353 g/mol. The summed E-state index contributed by atoms with van der Waals surface area (Å²) in [6, 6.07) is 13.0. The number of ether oxygens (including phenoxy) is 1. The summed E-state index contributed by atoms with van der Waals surface area (Å²) in [6.45, 7) is 3.03. The Morgan fingerprint density at radius 3 is 2.92 bits per heavy atom. The van der Waals surface area contributed by atoms with Gasteiger partial charge in [-0.3, -0.25) is 9.78 Å². The number of nitrogens with zero attached hydrogens (tertiary/aromatic N) is 2. The Morgan fingerprint density at radius 1 is 1.20 bits per heavy atom. The van der Waals surface area contributed by atoms with E-state index in [1.807, 2.05) is 42.6 Å². The van der Waals surface area contributed by atoms with Crippen LogP contribution >= 0.6 is 11.3 Å². The minimum absolute atomic E-state index is 0.108. The molecule has 0 spiro atoms. The van der Waals surface area contributed by atoms with Gasteiger partial charge in [0.2, 0.25) is 0 Å². The topological polar surface area (TPSA) is 64.1 Å². The first-order valence-corrected chi connectivity index (χ1v) is 9.01. The summed E-state index contributed by atoms with van der Waals surface area (Å²) in [6.07, 6.45) is 2.44. The first-order chi connectivity index (χ1) is 12.3. The van der Waals surface area contributed by atoms with Crippen LogP contribution in [-0.2, 0) is 6.42 Å². The van der Waals surface area contributed by atoms with Gasteiger partial charge in [-0.2, -0.15) is 0 Å². The Morgan fingerprint density at radius 2 is 2.12 bits per heavy atom. The minimum Gasteiger partial charge on any atom is -0.494 e. The Bertz CT molecular complexity index is 833. The van der Waals surface area contributed by atoms with Crippen molar-refractivity contribution in [2.24, 2.45) is 0 Å². The molecule has 5 nitrogen and oxygen atoms in total. The van der Waals surface area contributed by atoms with E-state index < -0.39 is 0 Å². The molecule has 6 heteroatoms. The lowest BCUT2D eigenvalue weighted by Gasteiger charge is -2.07. The number of hydrogen-bond donors (Lipinski definition) is 1. The average Bonchev–Trinajstić information content (AvgIpc) is 3.12. The van der Waals surface area contributed by atoms with E-state index in [4.69, 9.17) is 4.74 Å². The summed E-state index contributed by atoms with van der Waals surface area (Å²) >= 11 is 1.58. The van der Waals surface area contributed by atoms with Crippen molar-refractivity contribution in [2.45, 2.75) is 13.3 Å². The van der Waals surface area contributed by atoms with Gasteiger partial charge < -0.3 is 10.1 Å². The molecule has 0 radical (unpaired) electrons. The number of benzene rings is 1. The second-order valence-electron chi connectivity index (χ2n) is 5.31. The number of pyridine rings is 1. The van der Waals surface area contributed by atoms with E-state index in [2.05, 4.69) is 15.3 Å². The number of carbonyl (C=O) groups excluding carboxylic acids is 1. The third-order valence-electron chi connectivity index (χ3n) is 3.51. The third kappa shape index (κ3) is 4.64. The van der Waals surface area contributed by atoms with Crippen LogP contribution in [0.3, 0.4) is 0 Å². The van der Waals surface area contributed by atoms with Gasteiger partial charge in [-0.1, -0.05) is 12.1 Å². The zero-order chi connectivity index (χ0) is 17.5. The smallest absolute Gasteiger partial charge is 0.251 e. The Balaban J connectivity index is 1.54. The van der Waals surface area contributed by atoms with Gasteiger partial charge in [-0.15, -0.1) is 11.3 Å². The molecular weight excluding hydrogens is 334 g/mol. The van der Waals surface area contributed by atoms with Crippen LogP contribution in [-0.4, -0.2) is 29.0 Å². The lowest BCUT2D eigenvalue weighted by atomic mass is 10.2. The van der Waals surface area contributed by atoms with Gasteiger partial charge in [0.25, 0.3) is 5.91 Å². The zero-order valence-corrected chi connectivity index (χ0v) is 14.8. The number of nitrogens with one attached hydrogen (secondary N) is 1. The van der Waals surface area contributed by atoms with Gasteiger partial charge in [-0.25, -0.2) is 4.98 Å². The molecule has 0 atom stereocenters. The number of rotatable bonds is 7. The first kappa shape index (κ1) is 17.1. The van der Waals surface area contributed by atoms with Gasteiger partial charge in [0.05, 0.1) is 23.0 Å². The van der Waals surface area contributed by atoms with Gasteiger partial charge in [0.15, 0.2) is 0 Å². The highest BCUT2D eigenvalue weighted by atomic mass is 32.1. The van der Waals surface area contributed by atoms with Crippen molar-refractivity contribution in [1.29, 1.82) is 0 Å². The lowest BCUT2D eigenvalue weighted by molar-refractivity contribution is 0.0953. The molecule has 0 unspecified atom stereocenters. The van der Waals surface area contributed by atoms with E-state index in [9.17, 15) is 4.79 Å². The Labute approximate surface area is 150 Å². The third-order valence-corrected chi connectivity index (χ3v) is 4.42. The van der Waals surface area contributed by atoms with Crippen LogP contribution in [0.25, 0.3) is 11.4 Å². The van der Waals surface area contributed by atoms with Gasteiger partial charge in [-0.05, 0) is 37.3 Å². The maximum Gasteiger partial charge on any atom is 0.251 e.